The monoisotopic (exact) mass is 284 g/mol. The molecule has 0 saturated heterocycles. The molecule has 1 rings (SSSR count). The van der Waals surface area contributed by atoms with Gasteiger partial charge in [-0.3, -0.25) is 4.79 Å². The quantitative estimate of drug-likeness (QED) is 0.613. The normalized spacial score (nSPS) is 14.2. The molecule has 0 N–H and O–H groups in total. The van der Waals surface area contributed by atoms with Crippen LogP contribution in [0.5, 0.6) is 0 Å². The first-order valence-corrected chi connectivity index (χ1v) is 6.47. The molecular weight excluding hydrogens is 268 g/mol. The zero-order valence-electron chi connectivity index (χ0n) is 9.70. The number of methoxy groups -OCH3 is 1. The molecule has 0 aliphatic rings. The fourth-order valence-electron chi connectivity index (χ4n) is 1.82. The van der Waals surface area contributed by atoms with Gasteiger partial charge < -0.3 is 4.74 Å². The van der Waals surface area contributed by atoms with E-state index in [4.69, 9.17) is 4.74 Å². The van der Waals surface area contributed by atoms with Crippen LogP contribution in [0.2, 0.25) is 0 Å². The largest absolute Gasteiger partial charge is 0.468 e. The third kappa shape index (κ3) is 2.85. The first-order chi connectivity index (χ1) is 7.65. The standard InChI is InChI=1S/C13H17BrO2/c1-13(9-6-10-14,12(15)16-2)11-7-4-3-5-8-11/h3-5,7-8H,6,9-10H2,1-2H3. The summed E-state index contributed by atoms with van der Waals surface area (Å²) >= 11 is 3.39. The maximum Gasteiger partial charge on any atom is 0.315 e. The smallest absolute Gasteiger partial charge is 0.315 e. The van der Waals surface area contributed by atoms with Gasteiger partial charge in [-0.05, 0) is 25.3 Å². The predicted octanol–water partition coefficient (Wildman–Crippen LogP) is 3.29. The lowest BCUT2D eigenvalue weighted by atomic mass is 9.79. The second-order valence-corrected chi connectivity index (χ2v) is 4.78. The minimum atomic E-state index is -0.538. The summed E-state index contributed by atoms with van der Waals surface area (Å²) in [6, 6.07) is 9.80. The van der Waals surface area contributed by atoms with Gasteiger partial charge in [0.2, 0.25) is 0 Å². The van der Waals surface area contributed by atoms with Gasteiger partial charge in [0.1, 0.15) is 0 Å². The number of rotatable bonds is 5. The molecule has 1 aromatic rings. The van der Waals surface area contributed by atoms with Crippen molar-refractivity contribution >= 4 is 21.9 Å². The number of carbonyl (C=O) groups is 1. The fraction of sp³-hybridized carbons (Fsp3) is 0.462. The van der Waals surface area contributed by atoms with Gasteiger partial charge in [0.25, 0.3) is 0 Å². The number of halogens is 1. The molecule has 0 saturated carbocycles. The molecule has 16 heavy (non-hydrogen) atoms. The van der Waals surface area contributed by atoms with Crippen molar-refractivity contribution < 1.29 is 9.53 Å². The molecule has 1 atom stereocenters. The van der Waals surface area contributed by atoms with E-state index in [0.29, 0.717) is 0 Å². The van der Waals surface area contributed by atoms with E-state index in [1.807, 2.05) is 37.3 Å². The van der Waals surface area contributed by atoms with Crippen LogP contribution in [0, 0.1) is 0 Å². The van der Waals surface area contributed by atoms with Crippen molar-refractivity contribution in [2.75, 3.05) is 12.4 Å². The van der Waals surface area contributed by atoms with Crippen molar-refractivity contribution in [3.05, 3.63) is 35.9 Å². The predicted molar refractivity (Wildman–Crippen MR) is 68.8 cm³/mol. The molecule has 0 radical (unpaired) electrons. The minimum absolute atomic E-state index is 0.167. The second-order valence-electron chi connectivity index (χ2n) is 3.98. The number of benzene rings is 1. The summed E-state index contributed by atoms with van der Waals surface area (Å²) in [7, 11) is 1.44. The van der Waals surface area contributed by atoms with Crippen LogP contribution in [0.4, 0.5) is 0 Å². The lowest BCUT2D eigenvalue weighted by Crippen LogP contribution is -2.33. The molecule has 0 aromatic heterocycles. The van der Waals surface area contributed by atoms with Gasteiger partial charge >= 0.3 is 5.97 Å². The van der Waals surface area contributed by atoms with Crippen LogP contribution in [0.3, 0.4) is 0 Å². The van der Waals surface area contributed by atoms with Crippen LogP contribution < -0.4 is 0 Å². The highest BCUT2D eigenvalue weighted by molar-refractivity contribution is 9.09. The zero-order chi connectivity index (χ0) is 12.0. The maximum atomic E-state index is 11.9. The Labute approximate surface area is 105 Å². The Morgan fingerprint density at radius 1 is 1.38 bits per heavy atom. The van der Waals surface area contributed by atoms with Gasteiger partial charge in [0.15, 0.2) is 0 Å². The highest BCUT2D eigenvalue weighted by atomic mass is 79.9. The van der Waals surface area contributed by atoms with Gasteiger partial charge in [-0.1, -0.05) is 46.3 Å². The number of ether oxygens (including phenoxy) is 1. The van der Waals surface area contributed by atoms with Crippen LogP contribution in [0.1, 0.15) is 25.3 Å². The Morgan fingerprint density at radius 2 is 2.00 bits per heavy atom. The second kappa shape index (κ2) is 6.04. The lowest BCUT2D eigenvalue weighted by Gasteiger charge is -2.26. The van der Waals surface area contributed by atoms with Crippen molar-refractivity contribution in [1.82, 2.24) is 0 Å². The Balaban J connectivity index is 2.99. The van der Waals surface area contributed by atoms with Crippen molar-refractivity contribution in [3.63, 3.8) is 0 Å². The van der Waals surface area contributed by atoms with Gasteiger partial charge in [0, 0.05) is 5.33 Å². The van der Waals surface area contributed by atoms with Crippen LogP contribution in [0.15, 0.2) is 30.3 Å². The third-order valence-electron chi connectivity index (χ3n) is 2.86. The van der Waals surface area contributed by atoms with E-state index >= 15 is 0 Å². The summed E-state index contributed by atoms with van der Waals surface area (Å²) in [6.45, 7) is 1.94. The maximum absolute atomic E-state index is 11.9. The molecule has 0 heterocycles. The van der Waals surface area contributed by atoms with Crippen molar-refractivity contribution in [3.8, 4) is 0 Å². The first kappa shape index (κ1) is 13.2. The molecule has 1 aromatic carbocycles. The Morgan fingerprint density at radius 3 is 2.50 bits per heavy atom. The van der Waals surface area contributed by atoms with Crippen molar-refractivity contribution in [1.29, 1.82) is 0 Å². The number of esters is 1. The summed E-state index contributed by atoms with van der Waals surface area (Å²) < 4.78 is 4.91. The number of carbonyl (C=O) groups excluding carboxylic acids is 1. The molecule has 2 nitrogen and oxygen atoms in total. The Bertz CT molecular complexity index is 337. The lowest BCUT2D eigenvalue weighted by molar-refractivity contribution is -0.147. The molecule has 3 heteroatoms. The van der Waals surface area contributed by atoms with Crippen LogP contribution in [-0.2, 0) is 14.9 Å². The topological polar surface area (TPSA) is 26.3 Å². The fourth-order valence-corrected chi connectivity index (χ4v) is 2.10. The number of hydrogen-bond acceptors (Lipinski definition) is 2. The van der Waals surface area contributed by atoms with E-state index in [2.05, 4.69) is 15.9 Å². The van der Waals surface area contributed by atoms with E-state index in [1.54, 1.807) is 0 Å². The molecule has 0 aliphatic carbocycles. The molecule has 88 valence electrons. The number of alkyl halides is 1. The number of hydrogen-bond donors (Lipinski definition) is 0. The third-order valence-corrected chi connectivity index (χ3v) is 3.42. The van der Waals surface area contributed by atoms with Crippen LogP contribution in [-0.4, -0.2) is 18.4 Å². The van der Waals surface area contributed by atoms with Crippen LogP contribution >= 0.6 is 15.9 Å². The van der Waals surface area contributed by atoms with Gasteiger partial charge in [-0.15, -0.1) is 0 Å². The molecule has 0 aliphatic heterocycles. The Kier molecular flexibility index (Phi) is 5.00. The minimum Gasteiger partial charge on any atom is -0.468 e. The first-order valence-electron chi connectivity index (χ1n) is 5.35. The van der Waals surface area contributed by atoms with Crippen molar-refractivity contribution in [2.24, 2.45) is 0 Å². The molecule has 1 unspecified atom stereocenters. The molecule has 0 bridgehead atoms. The summed E-state index contributed by atoms with van der Waals surface area (Å²) in [5.41, 5.74) is 0.479. The van der Waals surface area contributed by atoms with Crippen LogP contribution in [0.25, 0.3) is 0 Å². The van der Waals surface area contributed by atoms with E-state index in [9.17, 15) is 4.79 Å². The van der Waals surface area contributed by atoms with Gasteiger partial charge in [0.05, 0.1) is 12.5 Å². The van der Waals surface area contributed by atoms with E-state index in [-0.39, 0.29) is 5.97 Å². The van der Waals surface area contributed by atoms with Gasteiger partial charge in [-0.2, -0.15) is 0 Å². The van der Waals surface area contributed by atoms with E-state index < -0.39 is 5.41 Å². The Hall–Kier alpha value is -0.830. The average Bonchev–Trinajstić information content (AvgIpc) is 2.36. The van der Waals surface area contributed by atoms with Crippen molar-refractivity contribution in [2.45, 2.75) is 25.2 Å². The highest BCUT2D eigenvalue weighted by Gasteiger charge is 2.35. The summed E-state index contributed by atoms with van der Waals surface area (Å²) in [5, 5.41) is 0.895. The molecule has 0 amide bonds. The van der Waals surface area contributed by atoms with E-state index in [1.165, 1.54) is 7.11 Å². The molecule has 0 spiro atoms. The highest BCUT2D eigenvalue weighted by Crippen LogP contribution is 2.30. The van der Waals surface area contributed by atoms with Gasteiger partial charge in [-0.25, -0.2) is 0 Å². The average molecular weight is 285 g/mol. The summed E-state index contributed by atoms with van der Waals surface area (Å²) in [6.07, 6.45) is 1.73. The molecular formula is C13H17BrO2. The molecule has 0 fully saturated rings. The van der Waals surface area contributed by atoms with E-state index in [0.717, 1.165) is 23.7 Å². The summed E-state index contributed by atoms with van der Waals surface area (Å²) in [4.78, 5) is 11.9. The zero-order valence-corrected chi connectivity index (χ0v) is 11.3. The SMILES string of the molecule is COC(=O)C(C)(CCCBr)c1ccccc1. The summed E-state index contributed by atoms with van der Waals surface area (Å²) in [5.74, 6) is -0.167.